The largest absolute Gasteiger partial charge is 0.292 e. The van der Waals surface area contributed by atoms with Gasteiger partial charge >= 0.3 is 0 Å². The second kappa shape index (κ2) is 6.61. The molecular formula is C11H12BrN. The van der Waals surface area contributed by atoms with Crippen molar-refractivity contribution in [2.45, 2.75) is 0 Å². The fourth-order valence-corrected chi connectivity index (χ4v) is 1.11. The van der Waals surface area contributed by atoms with E-state index >= 15 is 0 Å². The molecule has 2 heteroatoms. The Morgan fingerprint density at radius 2 is 2.00 bits per heavy atom. The van der Waals surface area contributed by atoms with Gasteiger partial charge in [-0.3, -0.25) is 4.99 Å². The molecule has 0 aliphatic carbocycles. The predicted octanol–water partition coefficient (Wildman–Crippen LogP) is 3.17. The van der Waals surface area contributed by atoms with Crippen molar-refractivity contribution in [1.29, 1.82) is 0 Å². The van der Waals surface area contributed by atoms with E-state index in [1.807, 2.05) is 36.6 Å². The molecule has 1 rings (SSSR count). The molecule has 0 radical (unpaired) electrons. The summed E-state index contributed by atoms with van der Waals surface area (Å²) in [5.41, 5.74) is 1.20. The summed E-state index contributed by atoms with van der Waals surface area (Å²) in [4.78, 5) is 4.15. The van der Waals surface area contributed by atoms with E-state index in [-0.39, 0.29) is 0 Å². The van der Waals surface area contributed by atoms with Gasteiger partial charge in [0.15, 0.2) is 0 Å². The summed E-state index contributed by atoms with van der Waals surface area (Å²) in [5, 5.41) is 0.919. The number of hydrogen-bond donors (Lipinski definition) is 0. The molecule has 0 aromatic heterocycles. The van der Waals surface area contributed by atoms with Gasteiger partial charge in [-0.15, -0.1) is 0 Å². The van der Waals surface area contributed by atoms with Gasteiger partial charge in [-0.2, -0.15) is 0 Å². The van der Waals surface area contributed by atoms with E-state index in [9.17, 15) is 0 Å². The first-order valence-corrected chi connectivity index (χ1v) is 5.33. The number of benzene rings is 1. The van der Waals surface area contributed by atoms with Crippen LogP contribution in [0.25, 0.3) is 6.08 Å². The second-order valence-corrected chi connectivity index (χ2v) is 3.31. The molecule has 1 aromatic rings. The summed E-state index contributed by atoms with van der Waals surface area (Å²) in [5.74, 6) is 0. The van der Waals surface area contributed by atoms with Gasteiger partial charge in [0.2, 0.25) is 0 Å². The maximum absolute atomic E-state index is 4.15. The van der Waals surface area contributed by atoms with E-state index < -0.39 is 0 Å². The lowest BCUT2D eigenvalue weighted by Gasteiger charge is -1.88. The fourth-order valence-electron chi connectivity index (χ4n) is 0.902. The van der Waals surface area contributed by atoms with Gasteiger partial charge in [0.25, 0.3) is 0 Å². The molecule has 0 fully saturated rings. The number of rotatable bonds is 4. The number of alkyl halides is 1. The van der Waals surface area contributed by atoms with E-state index in [1.54, 1.807) is 0 Å². The van der Waals surface area contributed by atoms with Crippen LogP contribution in [-0.2, 0) is 0 Å². The molecule has 1 aromatic carbocycles. The van der Waals surface area contributed by atoms with Crippen molar-refractivity contribution < 1.29 is 0 Å². The summed E-state index contributed by atoms with van der Waals surface area (Å²) in [6.45, 7) is 0.832. The van der Waals surface area contributed by atoms with Gasteiger partial charge < -0.3 is 0 Å². The van der Waals surface area contributed by atoms with Crippen molar-refractivity contribution in [2.75, 3.05) is 11.9 Å². The predicted molar refractivity (Wildman–Crippen MR) is 62.6 cm³/mol. The molecule has 0 bridgehead atoms. The summed E-state index contributed by atoms with van der Waals surface area (Å²) in [6, 6.07) is 10.2. The zero-order valence-corrected chi connectivity index (χ0v) is 8.94. The highest BCUT2D eigenvalue weighted by Gasteiger charge is 1.79. The molecule has 0 N–H and O–H groups in total. The van der Waals surface area contributed by atoms with Crippen LogP contribution in [0.4, 0.5) is 0 Å². The fraction of sp³-hybridized carbons (Fsp3) is 0.182. The average molecular weight is 238 g/mol. The third-order valence-corrected chi connectivity index (χ3v) is 1.85. The molecule has 0 amide bonds. The van der Waals surface area contributed by atoms with E-state index in [0.717, 1.165) is 11.9 Å². The van der Waals surface area contributed by atoms with Gasteiger partial charge in [0.1, 0.15) is 0 Å². The Morgan fingerprint density at radius 1 is 1.23 bits per heavy atom. The molecular weight excluding hydrogens is 226 g/mol. The van der Waals surface area contributed by atoms with Crippen molar-refractivity contribution in [3.63, 3.8) is 0 Å². The standard InChI is InChI=1S/C11H12BrN/c12-8-10-13-9-4-7-11-5-2-1-3-6-11/h1-7,9H,8,10H2/b7-4-,13-9?. The summed E-state index contributed by atoms with van der Waals surface area (Å²) < 4.78 is 0. The minimum absolute atomic E-state index is 0.832. The van der Waals surface area contributed by atoms with Crippen LogP contribution in [-0.4, -0.2) is 18.1 Å². The Kier molecular flexibility index (Phi) is 5.18. The van der Waals surface area contributed by atoms with Gasteiger partial charge in [0.05, 0.1) is 0 Å². The molecule has 0 atom stereocenters. The summed E-state index contributed by atoms with van der Waals surface area (Å²) in [7, 11) is 0. The van der Waals surface area contributed by atoms with Crippen LogP contribution < -0.4 is 0 Å². The first-order valence-electron chi connectivity index (χ1n) is 4.21. The molecule has 0 saturated carbocycles. The van der Waals surface area contributed by atoms with Gasteiger partial charge in [0, 0.05) is 18.1 Å². The third-order valence-electron chi connectivity index (χ3n) is 1.49. The summed E-state index contributed by atoms with van der Waals surface area (Å²) in [6.07, 6.45) is 5.82. The maximum atomic E-state index is 4.15. The molecule has 0 aliphatic heterocycles. The Morgan fingerprint density at radius 3 is 2.69 bits per heavy atom. The first kappa shape index (κ1) is 10.2. The molecule has 0 aliphatic rings. The van der Waals surface area contributed by atoms with E-state index in [2.05, 4.69) is 33.1 Å². The summed E-state index contributed by atoms with van der Waals surface area (Å²) >= 11 is 3.31. The van der Waals surface area contributed by atoms with Crippen LogP contribution in [0.2, 0.25) is 0 Å². The van der Waals surface area contributed by atoms with Crippen molar-refractivity contribution >= 4 is 28.2 Å². The second-order valence-electron chi connectivity index (χ2n) is 2.51. The Balaban J connectivity index is 2.41. The highest BCUT2D eigenvalue weighted by atomic mass is 79.9. The zero-order chi connectivity index (χ0) is 9.36. The number of halogens is 1. The first-order chi connectivity index (χ1) is 6.43. The molecule has 0 heterocycles. The number of allylic oxidation sites excluding steroid dienone is 1. The maximum Gasteiger partial charge on any atom is 0.0486 e. The van der Waals surface area contributed by atoms with E-state index in [4.69, 9.17) is 0 Å². The lowest BCUT2D eigenvalue weighted by Crippen LogP contribution is -1.78. The van der Waals surface area contributed by atoms with Crippen LogP contribution >= 0.6 is 15.9 Å². The lowest BCUT2D eigenvalue weighted by molar-refractivity contribution is 1.17. The Labute approximate surface area is 87.3 Å². The van der Waals surface area contributed by atoms with Crippen LogP contribution in [0.1, 0.15) is 5.56 Å². The number of hydrogen-bond acceptors (Lipinski definition) is 1. The monoisotopic (exact) mass is 237 g/mol. The minimum atomic E-state index is 0.832. The lowest BCUT2D eigenvalue weighted by atomic mass is 10.2. The van der Waals surface area contributed by atoms with Gasteiger partial charge in [-0.05, 0) is 11.6 Å². The van der Waals surface area contributed by atoms with Crippen molar-refractivity contribution in [3.05, 3.63) is 42.0 Å². The van der Waals surface area contributed by atoms with Crippen molar-refractivity contribution in [3.8, 4) is 0 Å². The van der Waals surface area contributed by atoms with Crippen LogP contribution in [0.3, 0.4) is 0 Å². The van der Waals surface area contributed by atoms with Crippen LogP contribution in [0.15, 0.2) is 41.4 Å². The van der Waals surface area contributed by atoms with Gasteiger partial charge in [-0.1, -0.05) is 52.3 Å². The van der Waals surface area contributed by atoms with Crippen LogP contribution in [0, 0.1) is 0 Å². The van der Waals surface area contributed by atoms with E-state index in [1.165, 1.54) is 5.56 Å². The highest BCUT2D eigenvalue weighted by molar-refractivity contribution is 9.09. The smallest absolute Gasteiger partial charge is 0.0486 e. The SMILES string of the molecule is BrCCN=C/C=C\c1ccccc1. The average Bonchev–Trinajstić information content (AvgIpc) is 2.19. The van der Waals surface area contributed by atoms with Gasteiger partial charge in [-0.25, -0.2) is 0 Å². The van der Waals surface area contributed by atoms with Crippen molar-refractivity contribution in [1.82, 2.24) is 0 Å². The Hall–Kier alpha value is -0.890. The minimum Gasteiger partial charge on any atom is -0.292 e. The molecule has 0 spiro atoms. The van der Waals surface area contributed by atoms with Crippen molar-refractivity contribution in [2.24, 2.45) is 4.99 Å². The quantitative estimate of drug-likeness (QED) is 0.564. The molecule has 68 valence electrons. The third kappa shape index (κ3) is 4.63. The number of aliphatic imine (C=N–C) groups is 1. The molecule has 0 saturated heterocycles. The highest BCUT2D eigenvalue weighted by Crippen LogP contribution is 1.99. The normalized spacial score (nSPS) is 11.5. The number of nitrogens with zero attached hydrogens (tertiary/aromatic N) is 1. The molecule has 13 heavy (non-hydrogen) atoms. The zero-order valence-electron chi connectivity index (χ0n) is 7.36. The molecule has 1 nitrogen and oxygen atoms in total. The molecule has 0 unspecified atom stereocenters. The Bertz CT molecular complexity index is 277. The topological polar surface area (TPSA) is 12.4 Å². The van der Waals surface area contributed by atoms with Crippen LogP contribution in [0.5, 0.6) is 0 Å². The van der Waals surface area contributed by atoms with E-state index in [0.29, 0.717) is 0 Å².